The van der Waals surface area contributed by atoms with Gasteiger partial charge in [-0.1, -0.05) is 30.7 Å². The molecule has 15 heavy (non-hydrogen) atoms. The van der Waals surface area contributed by atoms with Crippen LogP contribution in [0.4, 0.5) is 11.5 Å². The maximum atomic E-state index is 5.84. The number of rotatable bonds is 3. The summed E-state index contributed by atoms with van der Waals surface area (Å²) in [5.41, 5.74) is 2.27. The Morgan fingerprint density at radius 1 is 1.40 bits per heavy atom. The van der Waals surface area contributed by atoms with Gasteiger partial charge in [0.15, 0.2) is 11.0 Å². The Labute approximate surface area is 97.4 Å². The molecule has 0 saturated carbocycles. The highest BCUT2D eigenvalue weighted by Gasteiger charge is 2.04. The normalized spacial score (nSPS) is 10.3. The van der Waals surface area contributed by atoms with E-state index in [-0.39, 0.29) is 0 Å². The van der Waals surface area contributed by atoms with E-state index in [0.717, 1.165) is 23.8 Å². The molecule has 0 aliphatic heterocycles. The van der Waals surface area contributed by atoms with E-state index in [0.29, 0.717) is 11.0 Å². The summed E-state index contributed by atoms with van der Waals surface area (Å²) >= 11 is 6.94. The lowest BCUT2D eigenvalue weighted by atomic mass is 10.1. The van der Waals surface area contributed by atoms with Crippen molar-refractivity contribution in [3.05, 3.63) is 35.0 Å². The van der Waals surface area contributed by atoms with Gasteiger partial charge in [-0.25, -0.2) is 0 Å². The Morgan fingerprint density at radius 2 is 2.27 bits per heavy atom. The minimum absolute atomic E-state index is 0.418. The van der Waals surface area contributed by atoms with Crippen LogP contribution in [0.5, 0.6) is 0 Å². The molecule has 78 valence electrons. The lowest BCUT2D eigenvalue weighted by Crippen LogP contribution is -1.92. The molecule has 0 aliphatic rings. The lowest BCUT2D eigenvalue weighted by Gasteiger charge is -2.04. The Bertz CT molecular complexity index is 455. The molecule has 0 unspecified atom stereocenters. The first-order valence-electron chi connectivity index (χ1n) is 4.63. The van der Waals surface area contributed by atoms with E-state index in [1.54, 1.807) is 0 Å². The summed E-state index contributed by atoms with van der Waals surface area (Å²) in [7, 11) is 0. The van der Waals surface area contributed by atoms with E-state index in [2.05, 4.69) is 33.1 Å². The summed E-state index contributed by atoms with van der Waals surface area (Å²) in [6.45, 7) is 2.12. The quantitative estimate of drug-likeness (QED) is 0.891. The molecular formula is C10H10ClN3S. The fraction of sp³-hybridized carbons (Fsp3) is 0.200. The molecule has 0 bridgehead atoms. The maximum Gasteiger partial charge on any atom is 0.187 e. The molecule has 3 nitrogen and oxygen atoms in total. The number of anilines is 2. The smallest absolute Gasteiger partial charge is 0.187 e. The van der Waals surface area contributed by atoms with E-state index < -0.39 is 0 Å². The van der Waals surface area contributed by atoms with Gasteiger partial charge in [0.25, 0.3) is 0 Å². The first-order valence-corrected chi connectivity index (χ1v) is 5.74. The van der Waals surface area contributed by atoms with Crippen molar-refractivity contribution in [2.75, 3.05) is 5.32 Å². The topological polar surface area (TPSA) is 37.8 Å². The van der Waals surface area contributed by atoms with Gasteiger partial charge in [0, 0.05) is 5.69 Å². The number of hydrogen-bond acceptors (Lipinski definition) is 4. The Balaban J connectivity index is 2.21. The van der Waals surface area contributed by atoms with Gasteiger partial charge in [0.05, 0.1) is 11.7 Å². The average molecular weight is 240 g/mol. The summed E-state index contributed by atoms with van der Waals surface area (Å²) in [6.07, 6.45) is 1.01. The largest absolute Gasteiger partial charge is 0.337 e. The molecule has 0 spiro atoms. The van der Waals surface area contributed by atoms with Gasteiger partial charge in [0.1, 0.15) is 0 Å². The van der Waals surface area contributed by atoms with Crippen LogP contribution in [-0.4, -0.2) is 8.75 Å². The minimum atomic E-state index is 0.418. The lowest BCUT2D eigenvalue weighted by molar-refractivity contribution is 1.14. The molecule has 1 aromatic heterocycles. The molecule has 1 N–H and O–H groups in total. The highest BCUT2D eigenvalue weighted by atomic mass is 35.5. The maximum absolute atomic E-state index is 5.84. The molecule has 0 radical (unpaired) electrons. The van der Waals surface area contributed by atoms with Crippen molar-refractivity contribution in [1.82, 2.24) is 8.75 Å². The highest BCUT2D eigenvalue weighted by molar-refractivity contribution is 6.99. The highest BCUT2D eigenvalue weighted by Crippen LogP contribution is 2.23. The molecule has 0 atom stereocenters. The summed E-state index contributed by atoms with van der Waals surface area (Å²) < 4.78 is 7.94. The first kappa shape index (κ1) is 10.4. The molecule has 0 aliphatic carbocycles. The number of nitrogens with one attached hydrogen (secondary N) is 1. The van der Waals surface area contributed by atoms with Crippen LogP contribution >= 0.6 is 23.3 Å². The van der Waals surface area contributed by atoms with E-state index in [9.17, 15) is 0 Å². The van der Waals surface area contributed by atoms with Crippen LogP contribution in [0.3, 0.4) is 0 Å². The van der Waals surface area contributed by atoms with Gasteiger partial charge < -0.3 is 5.32 Å². The van der Waals surface area contributed by atoms with E-state index in [4.69, 9.17) is 11.6 Å². The second-order valence-electron chi connectivity index (χ2n) is 3.08. The van der Waals surface area contributed by atoms with Gasteiger partial charge in [-0.05, 0) is 24.1 Å². The van der Waals surface area contributed by atoms with Crippen LogP contribution in [0.2, 0.25) is 5.15 Å². The van der Waals surface area contributed by atoms with Gasteiger partial charge >= 0.3 is 0 Å². The number of hydrogen-bond donors (Lipinski definition) is 1. The second kappa shape index (κ2) is 4.59. The van der Waals surface area contributed by atoms with Crippen LogP contribution in [0, 0.1) is 0 Å². The number of benzene rings is 1. The second-order valence-corrected chi connectivity index (χ2v) is 3.97. The zero-order valence-electron chi connectivity index (χ0n) is 8.20. The van der Waals surface area contributed by atoms with Gasteiger partial charge in [-0.2, -0.15) is 8.75 Å². The van der Waals surface area contributed by atoms with Gasteiger partial charge in [0.2, 0.25) is 0 Å². The van der Waals surface area contributed by atoms with Crippen molar-refractivity contribution in [3.63, 3.8) is 0 Å². The average Bonchev–Trinajstić information content (AvgIpc) is 2.65. The van der Waals surface area contributed by atoms with Crippen molar-refractivity contribution in [3.8, 4) is 0 Å². The van der Waals surface area contributed by atoms with Crippen LogP contribution in [0.25, 0.3) is 0 Å². The molecule has 0 fully saturated rings. The van der Waals surface area contributed by atoms with E-state index in [1.807, 2.05) is 12.1 Å². The zero-order valence-corrected chi connectivity index (χ0v) is 9.77. The van der Waals surface area contributed by atoms with Crippen molar-refractivity contribution in [2.24, 2.45) is 0 Å². The number of halogens is 1. The number of nitrogens with zero attached hydrogens (tertiary/aromatic N) is 2. The minimum Gasteiger partial charge on any atom is -0.337 e. The Hall–Kier alpha value is -1.13. The third-order valence-corrected chi connectivity index (χ3v) is 2.94. The SMILES string of the molecule is CCc1cccc(Nc2nsnc2Cl)c1. The monoisotopic (exact) mass is 239 g/mol. The first-order chi connectivity index (χ1) is 7.29. The molecule has 1 heterocycles. The molecule has 5 heteroatoms. The van der Waals surface area contributed by atoms with Crippen LogP contribution in [0.15, 0.2) is 24.3 Å². The summed E-state index contributed by atoms with van der Waals surface area (Å²) in [4.78, 5) is 0. The van der Waals surface area contributed by atoms with Gasteiger partial charge in [-0.15, -0.1) is 0 Å². The fourth-order valence-electron chi connectivity index (χ4n) is 1.26. The van der Waals surface area contributed by atoms with Crippen molar-refractivity contribution in [1.29, 1.82) is 0 Å². The Morgan fingerprint density at radius 3 is 2.93 bits per heavy atom. The van der Waals surface area contributed by atoms with Crippen molar-refractivity contribution < 1.29 is 0 Å². The number of aromatic nitrogens is 2. The summed E-state index contributed by atoms with van der Waals surface area (Å²) in [5, 5.41) is 3.55. The third-order valence-electron chi connectivity index (χ3n) is 2.05. The molecule has 1 aromatic carbocycles. The summed E-state index contributed by atoms with van der Waals surface area (Å²) in [5.74, 6) is 0.620. The molecule has 2 rings (SSSR count). The Kier molecular flexibility index (Phi) is 3.18. The number of aryl methyl sites for hydroxylation is 1. The summed E-state index contributed by atoms with van der Waals surface area (Å²) in [6, 6.07) is 8.16. The predicted octanol–water partition coefficient (Wildman–Crippen LogP) is 3.50. The van der Waals surface area contributed by atoms with Crippen molar-refractivity contribution >= 4 is 34.8 Å². The molecule has 0 saturated heterocycles. The predicted molar refractivity (Wildman–Crippen MR) is 64.0 cm³/mol. The standard InChI is InChI=1S/C10H10ClN3S/c1-2-7-4-3-5-8(6-7)12-10-9(11)13-15-14-10/h3-6H,2H2,1H3,(H,12,14). The van der Waals surface area contributed by atoms with Crippen molar-refractivity contribution in [2.45, 2.75) is 13.3 Å². The molecular weight excluding hydrogens is 230 g/mol. The zero-order chi connectivity index (χ0) is 10.7. The fourth-order valence-corrected chi connectivity index (χ4v) is 1.90. The molecule has 0 amide bonds. The van der Waals surface area contributed by atoms with Crippen LogP contribution < -0.4 is 5.32 Å². The third kappa shape index (κ3) is 2.46. The van der Waals surface area contributed by atoms with E-state index >= 15 is 0 Å². The van der Waals surface area contributed by atoms with Crippen LogP contribution in [-0.2, 0) is 6.42 Å². The van der Waals surface area contributed by atoms with Crippen LogP contribution in [0.1, 0.15) is 12.5 Å². The van der Waals surface area contributed by atoms with E-state index in [1.165, 1.54) is 5.56 Å². The molecule has 2 aromatic rings. The van der Waals surface area contributed by atoms with Gasteiger partial charge in [-0.3, -0.25) is 0 Å².